The van der Waals surface area contributed by atoms with Crippen LogP contribution in [0.3, 0.4) is 0 Å². The standard InChI is InChI=1S/C51H31N5O/c1-2-14-32(15-3-1)33-28-30-34(31-29-33)49-52-50(54-51(53-49)56-43-24-10-6-18-37(43)38-19-7-11-25-44(38)56)40-21-13-27-46-47(40)39-20-12-26-45(48(39)57-46)55-41-22-8-4-16-35(41)36-17-5-9-23-42(36)55/h1-31H. The summed E-state index contributed by atoms with van der Waals surface area (Å²) in [6, 6.07) is 65.4. The van der Waals surface area contributed by atoms with Crippen molar-refractivity contribution in [2.75, 3.05) is 0 Å². The predicted octanol–water partition coefficient (Wildman–Crippen LogP) is 13.0. The molecule has 0 spiro atoms. The zero-order valence-electron chi connectivity index (χ0n) is 30.5. The summed E-state index contributed by atoms with van der Waals surface area (Å²) in [6.45, 7) is 0. The molecular formula is C51H31N5O. The monoisotopic (exact) mass is 729 g/mol. The first kappa shape index (κ1) is 31.5. The first-order valence-electron chi connectivity index (χ1n) is 19.1. The first-order chi connectivity index (χ1) is 28.3. The van der Waals surface area contributed by atoms with Crippen LogP contribution in [-0.2, 0) is 0 Å². The van der Waals surface area contributed by atoms with Gasteiger partial charge in [-0.1, -0.05) is 152 Å². The second-order valence-corrected chi connectivity index (χ2v) is 14.4. The molecule has 0 aliphatic heterocycles. The quantitative estimate of drug-likeness (QED) is 0.177. The lowest BCUT2D eigenvalue weighted by molar-refractivity contribution is 0.666. The maximum atomic E-state index is 6.86. The molecule has 6 nitrogen and oxygen atoms in total. The Bertz CT molecular complexity index is 3410. The zero-order chi connectivity index (χ0) is 37.5. The highest BCUT2D eigenvalue weighted by atomic mass is 16.3. The Morgan fingerprint density at radius 2 is 0.842 bits per heavy atom. The van der Waals surface area contributed by atoms with E-state index in [1.807, 2.05) is 18.2 Å². The first-order valence-corrected chi connectivity index (χ1v) is 19.1. The summed E-state index contributed by atoms with van der Waals surface area (Å²) in [7, 11) is 0. The maximum absolute atomic E-state index is 6.86. The van der Waals surface area contributed by atoms with Gasteiger partial charge in [-0.3, -0.25) is 4.57 Å². The normalized spacial score (nSPS) is 11.9. The SMILES string of the molecule is c1ccc(-c2ccc(-c3nc(-c4cccc5oc6c(-n7c8ccccc8c8ccccc87)cccc6c45)nc(-n4c5ccccc5c5ccccc54)n3)cc2)cc1. The lowest BCUT2D eigenvalue weighted by Gasteiger charge is -2.12. The van der Waals surface area contributed by atoms with Crippen LogP contribution >= 0.6 is 0 Å². The molecule has 0 fully saturated rings. The molecule has 0 radical (unpaired) electrons. The fraction of sp³-hybridized carbons (Fsp3) is 0. The molecule has 0 saturated heterocycles. The zero-order valence-corrected chi connectivity index (χ0v) is 30.5. The number of hydrogen-bond donors (Lipinski definition) is 0. The Morgan fingerprint density at radius 1 is 0.351 bits per heavy atom. The smallest absolute Gasteiger partial charge is 0.238 e. The van der Waals surface area contributed by atoms with E-state index in [9.17, 15) is 0 Å². The van der Waals surface area contributed by atoms with E-state index in [-0.39, 0.29) is 0 Å². The molecule has 0 saturated carbocycles. The Morgan fingerprint density at radius 3 is 1.47 bits per heavy atom. The fourth-order valence-corrected chi connectivity index (χ4v) is 8.67. The minimum Gasteiger partial charge on any atom is -0.454 e. The third kappa shape index (κ3) is 4.81. The van der Waals surface area contributed by atoms with Crippen LogP contribution in [0.4, 0.5) is 0 Å². The van der Waals surface area contributed by atoms with Crippen LogP contribution in [0, 0.1) is 0 Å². The summed E-state index contributed by atoms with van der Waals surface area (Å²) in [6.07, 6.45) is 0. The summed E-state index contributed by atoms with van der Waals surface area (Å²) in [5, 5.41) is 6.64. The molecule has 57 heavy (non-hydrogen) atoms. The molecule has 266 valence electrons. The maximum Gasteiger partial charge on any atom is 0.238 e. The van der Waals surface area contributed by atoms with Gasteiger partial charge in [0, 0.05) is 43.4 Å². The molecule has 4 heterocycles. The third-order valence-electron chi connectivity index (χ3n) is 11.2. The Labute approximate surface area is 326 Å². The van der Waals surface area contributed by atoms with Crippen LogP contribution in [0.15, 0.2) is 192 Å². The average Bonchev–Trinajstić information content (AvgIpc) is 3.95. The molecule has 0 atom stereocenters. The number of aromatic nitrogens is 5. The van der Waals surface area contributed by atoms with Crippen LogP contribution in [0.1, 0.15) is 0 Å². The second kappa shape index (κ2) is 12.3. The minimum atomic E-state index is 0.551. The number of fused-ring (bicyclic) bond motifs is 9. The van der Waals surface area contributed by atoms with E-state index in [4.69, 9.17) is 19.4 Å². The van der Waals surface area contributed by atoms with E-state index in [0.29, 0.717) is 17.6 Å². The number of rotatable bonds is 5. The van der Waals surface area contributed by atoms with Crippen molar-refractivity contribution in [1.29, 1.82) is 0 Å². The topological polar surface area (TPSA) is 61.7 Å². The fourth-order valence-electron chi connectivity index (χ4n) is 8.67. The summed E-state index contributed by atoms with van der Waals surface area (Å²) in [4.78, 5) is 15.8. The molecule has 8 aromatic carbocycles. The van der Waals surface area contributed by atoms with Gasteiger partial charge in [-0.25, -0.2) is 4.98 Å². The Balaban J connectivity index is 1.11. The molecule has 0 unspecified atom stereocenters. The molecule has 12 rings (SSSR count). The lowest BCUT2D eigenvalue weighted by atomic mass is 10.0. The van der Waals surface area contributed by atoms with Gasteiger partial charge in [-0.2, -0.15) is 9.97 Å². The largest absolute Gasteiger partial charge is 0.454 e. The average molecular weight is 730 g/mol. The van der Waals surface area contributed by atoms with E-state index in [1.165, 1.54) is 10.8 Å². The number of benzene rings is 8. The van der Waals surface area contributed by atoms with Gasteiger partial charge in [0.1, 0.15) is 5.58 Å². The summed E-state index contributed by atoms with van der Waals surface area (Å²) in [5.74, 6) is 1.71. The van der Waals surface area contributed by atoms with Gasteiger partial charge in [0.25, 0.3) is 0 Å². The molecule has 6 heteroatoms. The second-order valence-electron chi connectivity index (χ2n) is 14.4. The van der Waals surface area contributed by atoms with Crippen molar-refractivity contribution in [3.63, 3.8) is 0 Å². The van der Waals surface area contributed by atoms with E-state index in [0.717, 1.165) is 82.7 Å². The van der Waals surface area contributed by atoms with Crippen molar-refractivity contribution in [3.8, 4) is 45.5 Å². The van der Waals surface area contributed by atoms with Crippen molar-refractivity contribution >= 4 is 65.6 Å². The van der Waals surface area contributed by atoms with Crippen molar-refractivity contribution in [3.05, 3.63) is 188 Å². The number of para-hydroxylation sites is 5. The predicted molar refractivity (Wildman–Crippen MR) is 232 cm³/mol. The molecule has 0 aliphatic rings. The van der Waals surface area contributed by atoms with Crippen molar-refractivity contribution in [1.82, 2.24) is 24.1 Å². The molecule has 0 N–H and O–H groups in total. The van der Waals surface area contributed by atoms with Crippen molar-refractivity contribution in [2.24, 2.45) is 0 Å². The van der Waals surface area contributed by atoms with Gasteiger partial charge in [-0.15, -0.1) is 0 Å². The molecule has 0 aliphatic carbocycles. The highest BCUT2D eigenvalue weighted by Gasteiger charge is 2.22. The number of hydrogen-bond acceptors (Lipinski definition) is 4. The molecule has 0 bridgehead atoms. The van der Waals surface area contributed by atoms with E-state index >= 15 is 0 Å². The summed E-state index contributed by atoms with van der Waals surface area (Å²) in [5.41, 5.74) is 10.9. The highest BCUT2D eigenvalue weighted by Crippen LogP contribution is 2.41. The molecule has 12 aromatic rings. The Kier molecular flexibility index (Phi) is 6.83. The van der Waals surface area contributed by atoms with E-state index in [1.54, 1.807) is 0 Å². The van der Waals surface area contributed by atoms with Crippen LogP contribution in [0.25, 0.3) is 111 Å². The van der Waals surface area contributed by atoms with Crippen molar-refractivity contribution < 1.29 is 4.42 Å². The van der Waals surface area contributed by atoms with Crippen LogP contribution in [-0.4, -0.2) is 24.1 Å². The molecule has 4 aromatic heterocycles. The van der Waals surface area contributed by atoms with Crippen molar-refractivity contribution in [2.45, 2.75) is 0 Å². The van der Waals surface area contributed by atoms with Crippen LogP contribution in [0.2, 0.25) is 0 Å². The van der Waals surface area contributed by atoms with Gasteiger partial charge in [0.05, 0.1) is 27.8 Å². The van der Waals surface area contributed by atoms with Gasteiger partial charge in [0.2, 0.25) is 5.95 Å². The third-order valence-corrected chi connectivity index (χ3v) is 11.2. The van der Waals surface area contributed by atoms with E-state index < -0.39 is 0 Å². The molecular weight excluding hydrogens is 699 g/mol. The minimum absolute atomic E-state index is 0.551. The van der Waals surface area contributed by atoms with Gasteiger partial charge in [-0.05, 0) is 47.5 Å². The molecule has 0 amide bonds. The summed E-state index contributed by atoms with van der Waals surface area (Å²) >= 11 is 0. The van der Waals surface area contributed by atoms with E-state index in [2.05, 4.69) is 179 Å². The number of nitrogens with zero attached hydrogens (tertiary/aromatic N) is 5. The lowest BCUT2D eigenvalue weighted by Crippen LogP contribution is -2.06. The van der Waals surface area contributed by atoms with Gasteiger partial charge < -0.3 is 8.98 Å². The number of furan rings is 1. The highest BCUT2D eigenvalue weighted by molar-refractivity contribution is 6.16. The Hall–Kier alpha value is -7.83. The van der Waals surface area contributed by atoms with Crippen LogP contribution < -0.4 is 0 Å². The van der Waals surface area contributed by atoms with Gasteiger partial charge >= 0.3 is 0 Å². The van der Waals surface area contributed by atoms with Crippen LogP contribution in [0.5, 0.6) is 0 Å². The van der Waals surface area contributed by atoms with Gasteiger partial charge in [0.15, 0.2) is 17.2 Å². The summed E-state index contributed by atoms with van der Waals surface area (Å²) < 4.78 is 11.3.